The molecule has 0 aromatic heterocycles. The van der Waals surface area contributed by atoms with Crippen molar-refractivity contribution in [3.05, 3.63) is 33.4 Å². The lowest BCUT2D eigenvalue weighted by Crippen LogP contribution is -2.33. The first-order valence-electron chi connectivity index (χ1n) is 5.56. The number of benzene rings is 1. The molecule has 0 bridgehead atoms. The number of carboxylic acid groups (broad SMARTS) is 1. The van der Waals surface area contributed by atoms with Crippen molar-refractivity contribution in [2.24, 2.45) is 5.73 Å². The van der Waals surface area contributed by atoms with E-state index in [1.54, 1.807) is 0 Å². The van der Waals surface area contributed by atoms with Crippen molar-refractivity contribution in [3.63, 3.8) is 0 Å². The molecule has 4 N–H and O–H groups in total. The Morgan fingerprint density at radius 1 is 1.47 bits per heavy atom. The predicted molar refractivity (Wildman–Crippen MR) is 83.9 cm³/mol. The predicted octanol–water partition coefficient (Wildman–Crippen LogP) is 1.05. The standard InChI is InChI=1S/C12H15IN2O3S/c13-9-3-1-2-8(4-9)5-15-11(16)7-19-6-10(14)12(17)18/h1-4,10H,5-7,14H2,(H,15,16)(H,17,18)/t10-/m0/s1. The van der Waals surface area contributed by atoms with Crippen LogP contribution in [0.5, 0.6) is 0 Å². The second-order valence-electron chi connectivity index (χ2n) is 3.87. The summed E-state index contributed by atoms with van der Waals surface area (Å²) in [5.74, 6) is -0.732. The SMILES string of the molecule is N[C@@H](CSCC(=O)NCc1cccc(I)c1)C(=O)O. The largest absolute Gasteiger partial charge is 0.480 e. The second-order valence-corrected chi connectivity index (χ2v) is 6.14. The van der Waals surface area contributed by atoms with E-state index in [1.807, 2.05) is 24.3 Å². The summed E-state index contributed by atoms with van der Waals surface area (Å²) in [6.45, 7) is 0.473. The zero-order chi connectivity index (χ0) is 14.3. The number of nitrogens with one attached hydrogen (secondary N) is 1. The minimum Gasteiger partial charge on any atom is -0.480 e. The number of carbonyl (C=O) groups excluding carboxylic acids is 1. The molecular formula is C12H15IN2O3S. The van der Waals surface area contributed by atoms with Crippen LogP contribution in [-0.2, 0) is 16.1 Å². The van der Waals surface area contributed by atoms with E-state index in [9.17, 15) is 9.59 Å². The summed E-state index contributed by atoms with van der Waals surface area (Å²) in [6.07, 6.45) is 0. The lowest BCUT2D eigenvalue weighted by Gasteiger charge is -2.07. The molecule has 7 heteroatoms. The van der Waals surface area contributed by atoms with Gasteiger partial charge in [0, 0.05) is 15.9 Å². The Morgan fingerprint density at radius 3 is 2.84 bits per heavy atom. The van der Waals surface area contributed by atoms with Gasteiger partial charge >= 0.3 is 5.97 Å². The molecule has 0 aliphatic heterocycles. The zero-order valence-corrected chi connectivity index (χ0v) is 13.1. The highest BCUT2D eigenvalue weighted by atomic mass is 127. The number of rotatable bonds is 7. The molecule has 19 heavy (non-hydrogen) atoms. The van der Waals surface area contributed by atoms with Crippen molar-refractivity contribution in [3.8, 4) is 0 Å². The quantitative estimate of drug-likeness (QED) is 0.602. The van der Waals surface area contributed by atoms with Crippen LogP contribution >= 0.6 is 34.4 Å². The van der Waals surface area contributed by atoms with Gasteiger partial charge in [-0.05, 0) is 40.3 Å². The summed E-state index contributed by atoms with van der Waals surface area (Å²) in [5, 5.41) is 11.4. The lowest BCUT2D eigenvalue weighted by molar-refractivity contribution is -0.138. The van der Waals surface area contributed by atoms with Crippen molar-refractivity contribution in [1.82, 2.24) is 5.32 Å². The van der Waals surface area contributed by atoms with Crippen molar-refractivity contribution in [1.29, 1.82) is 0 Å². The molecule has 1 aromatic rings. The van der Waals surface area contributed by atoms with Crippen LogP contribution in [0.2, 0.25) is 0 Å². The first-order chi connectivity index (χ1) is 8.99. The van der Waals surface area contributed by atoms with Gasteiger partial charge in [0.05, 0.1) is 5.75 Å². The van der Waals surface area contributed by atoms with E-state index < -0.39 is 12.0 Å². The number of halogens is 1. The van der Waals surface area contributed by atoms with Crippen LogP contribution in [0.4, 0.5) is 0 Å². The van der Waals surface area contributed by atoms with Crippen LogP contribution in [0.25, 0.3) is 0 Å². The average Bonchev–Trinajstić information content (AvgIpc) is 2.36. The van der Waals surface area contributed by atoms with Gasteiger partial charge < -0.3 is 16.2 Å². The zero-order valence-electron chi connectivity index (χ0n) is 10.1. The monoisotopic (exact) mass is 394 g/mol. The van der Waals surface area contributed by atoms with Crippen LogP contribution < -0.4 is 11.1 Å². The summed E-state index contributed by atoms with van der Waals surface area (Å²) < 4.78 is 1.12. The highest BCUT2D eigenvalue weighted by molar-refractivity contribution is 14.1. The molecule has 0 heterocycles. The van der Waals surface area contributed by atoms with Crippen LogP contribution in [0.1, 0.15) is 5.56 Å². The van der Waals surface area contributed by atoms with E-state index in [4.69, 9.17) is 10.8 Å². The maximum Gasteiger partial charge on any atom is 0.321 e. The highest BCUT2D eigenvalue weighted by Gasteiger charge is 2.12. The molecule has 5 nitrogen and oxygen atoms in total. The van der Waals surface area contributed by atoms with Gasteiger partial charge in [-0.25, -0.2) is 0 Å². The summed E-state index contributed by atoms with van der Waals surface area (Å²) in [7, 11) is 0. The van der Waals surface area contributed by atoms with E-state index >= 15 is 0 Å². The molecule has 0 fully saturated rings. The van der Waals surface area contributed by atoms with Crippen LogP contribution in [0.3, 0.4) is 0 Å². The molecule has 0 unspecified atom stereocenters. The summed E-state index contributed by atoms with van der Waals surface area (Å²) in [4.78, 5) is 22.0. The van der Waals surface area contributed by atoms with Crippen LogP contribution in [0.15, 0.2) is 24.3 Å². The number of thioether (sulfide) groups is 1. The maximum atomic E-state index is 11.5. The van der Waals surface area contributed by atoms with Crippen molar-refractivity contribution in [2.75, 3.05) is 11.5 Å². The number of nitrogens with two attached hydrogens (primary N) is 1. The maximum absolute atomic E-state index is 11.5. The molecule has 0 saturated heterocycles. The van der Waals surface area contributed by atoms with Crippen molar-refractivity contribution < 1.29 is 14.7 Å². The van der Waals surface area contributed by atoms with E-state index in [1.165, 1.54) is 11.8 Å². The molecule has 1 rings (SSSR count). The number of amides is 1. The van der Waals surface area contributed by atoms with Gasteiger partial charge in [0.1, 0.15) is 6.04 Å². The van der Waals surface area contributed by atoms with Crippen LogP contribution in [0, 0.1) is 3.57 Å². The number of hydrogen-bond acceptors (Lipinski definition) is 4. The fraction of sp³-hybridized carbons (Fsp3) is 0.333. The first kappa shape index (κ1) is 16.3. The van der Waals surface area contributed by atoms with Gasteiger partial charge in [-0.1, -0.05) is 12.1 Å². The third kappa shape index (κ3) is 6.79. The highest BCUT2D eigenvalue weighted by Crippen LogP contribution is 2.07. The molecule has 1 amide bonds. The lowest BCUT2D eigenvalue weighted by atomic mass is 10.2. The Bertz CT molecular complexity index is 456. The van der Waals surface area contributed by atoms with E-state index in [-0.39, 0.29) is 17.4 Å². The Balaban J connectivity index is 2.23. The van der Waals surface area contributed by atoms with Gasteiger partial charge in [-0.3, -0.25) is 9.59 Å². The number of carbonyl (C=O) groups is 2. The Kier molecular flexibility index (Phi) is 7.17. The minimum atomic E-state index is -1.05. The molecule has 1 aromatic carbocycles. The molecule has 0 aliphatic rings. The molecular weight excluding hydrogens is 379 g/mol. The number of hydrogen-bond donors (Lipinski definition) is 3. The van der Waals surface area contributed by atoms with Gasteiger partial charge in [-0.15, -0.1) is 11.8 Å². The Morgan fingerprint density at radius 2 is 2.21 bits per heavy atom. The average molecular weight is 394 g/mol. The summed E-state index contributed by atoms with van der Waals surface area (Å²) in [5.41, 5.74) is 6.37. The molecule has 0 spiro atoms. The van der Waals surface area contributed by atoms with Gasteiger partial charge in [0.15, 0.2) is 0 Å². The van der Waals surface area contributed by atoms with Crippen molar-refractivity contribution in [2.45, 2.75) is 12.6 Å². The Labute approximate surface area is 129 Å². The topological polar surface area (TPSA) is 92.4 Å². The van der Waals surface area contributed by atoms with E-state index in [0.717, 1.165) is 9.13 Å². The summed E-state index contributed by atoms with van der Waals surface area (Å²) in [6, 6.07) is 6.93. The van der Waals surface area contributed by atoms with E-state index in [0.29, 0.717) is 6.54 Å². The van der Waals surface area contributed by atoms with Gasteiger partial charge in [0.25, 0.3) is 0 Å². The Hall–Kier alpha value is -0.800. The fourth-order valence-electron chi connectivity index (χ4n) is 1.25. The third-order valence-corrected chi connectivity index (χ3v) is 3.96. The fourth-order valence-corrected chi connectivity index (χ4v) is 2.66. The van der Waals surface area contributed by atoms with Crippen LogP contribution in [-0.4, -0.2) is 34.5 Å². The molecule has 1 atom stereocenters. The molecule has 0 radical (unpaired) electrons. The smallest absolute Gasteiger partial charge is 0.321 e. The van der Waals surface area contributed by atoms with Gasteiger partial charge in [-0.2, -0.15) is 0 Å². The normalized spacial score (nSPS) is 11.9. The second kappa shape index (κ2) is 8.39. The molecule has 0 saturated carbocycles. The number of aliphatic carboxylic acids is 1. The third-order valence-electron chi connectivity index (χ3n) is 2.23. The summed E-state index contributed by atoms with van der Waals surface area (Å²) >= 11 is 3.43. The van der Waals surface area contributed by atoms with Crippen molar-refractivity contribution >= 4 is 46.2 Å². The van der Waals surface area contributed by atoms with E-state index in [2.05, 4.69) is 27.9 Å². The van der Waals surface area contributed by atoms with Gasteiger partial charge in [0.2, 0.25) is 5.91 Å². The molecule has 0 aliphatic carbocycles. The molecule has 104 valence electrons. The minimum absolute atomic E-state index is 0.124. The number of carboxylic acids is 1. The first-order valence-corrected chi connectivity index (χ1v) is 7.79.